The largest absolute Gasteiger partial charge is 0.507 e. The van der Waals surface area contributed by atoms with Gasteiger partial charge in [-0.25, -0.2) is 9.59 Å². The van der Waals surface area contributed by atoms with Gasteiger partial charge in [0.15, 0.2) is 0 Å². The number of rotatable bonds is 11. The molecule has 0 aromatic heterocycles. The Kier molecular flexibility index (Phi) is 9.76. The molecule has 12 heteroatoms. The van der Waals surface area contributed by atoms with Crippen LogP contribution in [-0.2, 0) is 23.8 Å². The number of nitro groups is 1. The van der Waals surface area contributed by atoms with Crippen LogP contribution in [0.1, 0.15) is 35.7 Å². The Hall–Kier alpha value is -4.71. The van der Waals surface area contributed by atoms with Crippen molar-refractivity contribution in [3.8, 4) is 5.75 Å². The van der Waals surface area contributed by atoms with Crippen LogP contribution in [-0.4, -0.2) is 61.4 Å². The monoisotopic (exact) mass is 539 g/mol. The Labute approximate surface area is 224 Å². The summed E-state index contributed by atoms with van der Waals surface area (Å²) < 4.78 is 15.7. The Bertz CT molecular complexity index is 1330. The molecule has 0 saturated carbocycles. The van der Waals surface area contributed by atoms with Gasteiger partial charge in [-0.3, -0.25) is 14.9 Å². The van der Waals surface area contributed by atoms with Gasteiger partial charge in [-0.15, -0.1) is 0 Å². The topological polar surface area (TPSA) is 166 Å². The second-order valence-corrected chi connectivity index (χ2v) is 8.53. The highest BCUT2D eigenvalue weighted by Crippen LogP contribution is 2.40. The van der Waals surface area contributed by atoms with Gasteiger partial charge in [0, 0.05) is 30.6 Å². The Morgan fingerprint density at radius 3 is 2.23 bits per heavy atom. The predicted molar refractivity (Wildman–Crippen MR) is 139 cm³/mol. The number of carbonyl (C=O) groups is 3. The van der Waals surface area contributed by atoms with Gasteiger partial charge in [0.2, 0.25) is 0 Å². The summed E-state index contributed by atoms with van der Waals surface area (Å²) in [7, 11) is 1.46. The quantitative estimate of drug-likeness (QED) is 0.167. The molecule has 2 aromatic carbocycles. The minimum atomic E-state index is -1.02. The molecule has 0 radical (unpaired) electrons. The number of nitrogens with one attached hydrogen (secondary N) is 2. The lowest BCUT2D eigenvalue weighted by atomic mass is 9.80. The zero-order valence-electron chi connectivity index (χ0n) is 21.7. The minimum absolute atomic E-state index is 0.0348. The highest BCUT2D eigenvalue weighted by atomic mass is 16.6. The van der Waals surface area contributed by atoms with E-state index in [1.807, 2.05) is 0 Å². The molecule has 2 aromatic rings. The van der Waals surface area contributed by atoms with Crippen LogP contribution >= 0.6 is 0 Å². The molecule has 0 spiro atoms. The van der Waals surface area contributed by atoms with Crippen LogP contribution in [0, 0.1) is 10.1 Å². The van der Waals surface area contributed by atoms with Crippen LogP contribution in [0.25, 0.3) is 0 Å². The van der Waals surface area contributed by atoms with Gasteiger partial charge >= 0.3 is 11.9 Å². The standard InChI is InChI=1S/C27H29N3O9/c1-16-22(26(33)38-12-11-28-25(32)20-9-4-5-10-21(20)31)24(18-7-6-8-19(15-18)30(35)36)23(17(2)29-16)27(34)39-14-13-37-3/h4-10,15,24,29,31H,11-14H2,1-3H3,(H,28,32). The molecular weight excluding hydrogens is 510 g/mol. The summed E-state index contributed by atoms with van der Waals surface area (Å²) in [6.45, 7) is 3.11. The second kappa shape index (κ2) is 13.2. The van der Waals surface area contributed by atoms with E-state index in [4.69, 9.17) is 14.2 Å². The molecule has 1 aliphatic heterocycles. The van der Waals surface area contributed by atoms with Crippen LogP contribution in [0.4, 0.5) is 5.69 Å². The van der Waals surface area contributed by atoms with Gasteiger partial charge in [0.1, 0.15) is 19.0 Å². The van der Waals surface area contributed by atoms with Gasteiger partial charge in [-0.05, 0) is 31.5 Å². The van der Waals surface area contributed by atoms with Crippen molar-refractivity contribution in [1.82, 2.24) is 10.6 Å². The summed E-state index contributed by atoms with van der Waals surface area (Å²) in [5.74, 6) is -3.27. The first-order valence-electron chi connectivity index (χ1n) is 12.0. The number of hydrogen-bond acceptors (Lipinski definition) is 10. The lowest BCUT2D eigenvalue weighted by Gasteiger charge is -2.30. The molecule has 1 amide bonds. The third kappa shape index (κ3) is 6.99. The number of phenols is 1. The molecule has 3 rings (SSSR count). The van der Waals surface area contributed by atoms with E-state index in [0.717, 1.165) is 0 Å². The molecule has 3 N–H and O–H groups in total. The third-order valence-corrected chi connectivity index (χ3v) is 5.90. The molecule has 206 valence electrons. The van der Waals surface area contributed by atoms with Crippen molar-refractivity contribution in [2.75, 3.05) is 33.5 Å². The number of nitro benzene ring substituents is 1. The smallest absolute Gasteiger partial charge is 0.336 e. The number of carbonyl (C=O) groups excluding carboxylic acids is 3. The predicted octanol–water partition coefficient (Wildman–Crippen LogP) is 2.70. The van der Waals surface area contributed by atoms with Gasteiger partial charge in [-0.2, -0.15) is 0 Å². The summed E-state index contributed by atoms with van der Waals surface area (Å²) in [4.78, 5) is 49.6. The average molecular weight is 540 g/mol. The average Bonchev–Trinajstić information content (AvgIpc) is 2.90. The van der Waals surface area contributed by atoms with Crippen molar-refractivity contribution in [2.24, 2.45) is 0 Å². The number of esters is 2. The number of benzene rings is 2. The van der Waals surface area contributed by atoms with E-state index < -0.39 is 28.7 Å². The maximum atomic E-state index is 13.3. The molecular formula is C27H29N3O9. The van der Waals surface area contributed by atoms with Crippen molar-refractivity contribution in [3.05, 3.63) is 92.3 Å². The summed E-state index contributed by atoms with van der Waals surface area (Å²) in [6, 6.07) is 11.6. The molecule has 1 unspecified atom stereocenters. The molecule has 1 atom stereocenters. The van der Waals surface area contributed by atoms with Crippen molar-refractivity contribution in [1.29, 1.82) is 0 Å². The number of aromatic hydroxyl groups is 1. The number of nitrogens with zero attached hydrogens (tertiary/aromatic N) is 1. The third-order valence-electron chi connectivity index (χ3n) is 5.90. The highest BCUT2D eigenvalue weighted by Gasteiger charge is 2.38. The number of phenolic OH excluding ortho intramolecular Hbond substituents is 1. The number of non-ortho nitro benzene ring substituents is 1. The SMILES string of the molecule is COCCOC(=O)C1=C(C)NC(C)=C(C(=O)OCCNC(=O)c2ccccc2O)C1c1cccc([N+](=O)[O-])c1. The van der Waals surface area contributed by atoms with Crippen LogP contribution in [0.2, 0.25) is 0 Å². The maximum absolute atomic E-state index is 13.3. The maximum Gasteiger partial charge on any atom is 0.336 e. The number of hydrogen-bond donors (Lipinski definition) is 3. The zero-order chi connectivity index (χ0) is 28.5. The number of dihydropyridines is 1. The highest BCUT2D eigenvalue weighted by molar-refractivity contribution is 6.00. The van der Waals surface area contributed by atoms with Crippen LogP contribution in [0.15, 0.2) is 71.1 Å². The Morgan fingerprint density at radius 1 is 0.974 bits per heavy atom. The molecule has 1 heterocycles. The van der Waals surface area contributed by atoms with E-state index in [1.165, 1.54) is 37.4 Å². The zero-order valence-corrected chi connectivity index (χ0v) is 21.7. The van der Waals surface area contributed by atoms with Crippen molar-refractivity contribution >= 4 is 23.5 Å². The van der Waals surface area contributed by atoms with E-state index in [1.54, 1.807) is 32.0 Å². The second-order valence-electron chi connectivity index (χ2n) is 8.53. The first kappa shape index (κ1) is 28.9. The van der Waals surface area contributed by atoms with Gasteiger partial charge in [0.25, 0.3) is 11.6 Å². The van der Waals surface area contributed by atoms with E-state index in [9.17, 15) is 29.6 Å². The lowest BCUT2D eigenvalue weighted by molar-refractivity contribution is -0.384. The number of allylic oxidation sites excluding steroid dienone is 2. The fraction of sp³-hybridized carbons (Fsp3) is 0.296. The summed E-state index contributed by atoms with van der Waals surface area (Å²) in [5.41, 5.74) is 1.14. The van der Waals surface area contributed by atoms with E-state index >= 15 is 0 Å². The van der Waals surface area contributed by atoms with Gasteiger partial charge in [0.05, 0.1) is 40.7 Å². The molecule has 0 fully saturated rings. The van der Waals surface area contributed by atoms with Crippen molar-refractivity contribution < 1.29 is 38.6 Å². The molecule has 39 heavy (non-hydrogen) atoms. The minimum Gasteiger partial charge on any atom is -0.507 e. The summed E-state index contributed by atoms with van der Waals surface area (Å²) in [6.07, 6.45) is 0. The Morgan fingerprint density at radius 2 is 1.62 bits per heavy atom. The van der Waals surface area contributed by atoms with E-state index in [2.05, 4.69) is 10.6 Å². The molecule has 0 saturated heterocycles. The van der Waals surface area contributed by atoms with Gasteiger partial charge < -0.3 is 30.0 Å². The fourth-order valence-electron chi connectivity index (χ4n) is 4.13. The normalized spacial score (nSPS) is 14.9. The number of amides is 1. The molecule has 1 aliphatic rings. The van der Waals surface area contributed by atoms with Crippen LogP contribution in [0.3, 0.4) is 0 Å². The Balaban J connectivity index is 1.84. The van der Waals surface area contributed by atoms with E-state index in [-0.39, 0.29) is 54.5 Å². The first-order chi connectivity index (χ1) is 18.6. The summed E-state index contributed by atoms with van der Waals surface area (Å²) >= 11 is 0. The molecule has 0 bridgehead atoms. The number of methoxy groups -OCH3 is 1. The molecule has 12 nitrogen and oxygen atoms in total. The van der Waals surface area contributed by atoms with Crippen molar-refractivity contribution in [2.45, 2.75) is 19.8 Å². The lowest BCUT2D eigenvalue weighted by Crippen LogP contribution is -2.34. The van der Waals surface area contributed by atoms with E-state index in [0.29, 0.717) is 17.0 Å². The fourth-order valence-corrected chi connectivity index (χ4v) is 4.13. The number of ether oxygens (including phenoxy) is 3. The summed E-state index contributed by atoms with van der Waals surface area (Å²) in [5, 5.41) is 26.8. The van der Waals surface area contributed by atoms with Crippen LogP contribution in [0.5, 0.6) is 5.75 Å². The first-order valence-corrected chi connectivity index (χ1v) is 12.0. The van der Waals surface area contributed by atoms with Crippen molar-refractivity contribution in [3.63, 3.8) is 0 Å². The number of para-hydroxylation sites is 1. The molecule has 0 aliphatic carbocycles. The van der Waals surface area contributed by atoms with Gasteiger partial charge in [-0.1, -0.05) is 24.3 Å². The van der Waals surface area contributed by atoms with Crippen LogP contribution < -0.4 is 10.6 Å².